The number of fused-ring (bicyclic) bond motifs is 1. The Morgan fingerprint density at radius 3 is 2.83 bits per heavy atom. The van der Waals surface area contributed by atoms with Crippen molar-refractivity contribution in [2.24, 2.45) is 0 Å². The van der Waals surface area contributed by atoms with Crippen molar-refractivity contribution >= 4 is 35.5 Å². The molecule has 3 aromatic rings. The van der Waals surface area contributed by atoms with Crippen LogP contribution in [0.5, 0.6) is 0 Å². The molecule has 29 heavy (non-hydrogen) atoms. The molecule has 1 unspecified atom stereocenters. The van der Waals surface area contributed by atoms with E-state index in [-0.39, 0.29) is 35.5 Å². The van der Waals surface area contributed by atoms with Gasteiger partial charge in [-0.25, -0.2) is 18.7 Å². The summed E-state index contributed by atoms with van der Waals surface area (Å²) in [6, 6.07) is 2.92. The molecule has 1 amide bonds. The van der Waals surface area contributed by atoms with Gasteiger partial charge in [-0.15, -0.1) is 12.4 Å². The molecule has 0 radical (unpaired) electrons. The second kappa shape index (κ2) is 8.30. The molecule has 0 bridgehead atoms. The summed E-state index contributed by atoms with van der Waals surface area (Å²) in [6.07, 6.45) is 4.84. The van der Waals surface area contributed by atoms with Crippen molar-refractivity contribution < 1.29 is 13.6 Å². The van der Waals surface area contributed by atoms with E-state index in [0.29, 0.717) is 25.3 Å². The highest BCUT2D eigenvalue weighted by atomic mass is 35.5. The number of anilines is 2. The van der Waals surface area contributed by atoms with Gasteiger partial charge in [0.05, 0.1) is 29.3 Å². The lowest BCUT2D eigenvalue weighted by Crippen LogP contribution is -2.49. The maximum absolute atomic E-state index is 14.6. The number of piperazine rings is 1. The molecule has 1 aliphatic heterocycles. The molecule has 1 fully saturated rings. The fourth-order valence-electron chi connectivity index (χ4n) is 3.38. The van der Waals surface area contributed by atoms with E-state index in [9.17, 15) is 13.6 Å². The van der Waals surface area contributed by atoms with Gasteiger partial charge in [0.15, 0.2) is 17.3 Å². The van der Waals surface area contributed by atoms with Crippen LogP contribution in [-0.4, -0.2) is 46.0 Å². The molecular weight excluding hydrogens is 402 g/mol. The summed E-state index contributed by atoms with van der Waals surface area (Å²) < 4.78 is 30.9. The zero-order chi connectivity index (χ0) is 19.8. The first-order chi connectivity index (χ1) is 13.4. The number of imidazole rings is 1. The number of nitrogens with one attached hydrogen (secondary N) is 2. The average Bonchev–Trinajstić information content (AvgIpc) is 3.03. The maximum Gasteiger partial charge on any atom is 0.259 e. The summed E-state index contributed by atoms with van der Waals surface area (Å²) in [6.45, 7) is 5.64. The molecule has 3 heterocycles. The van der Waals surface area contributed by atoms with Crippen molar-refractivity contribution in [3.05, 3.63) is 53.6 Å². The Kier molecular flexibility index (Phi) is 5.99. The highest BCUT2D eigenvalue weighted by Crippen LogP contribution is 2.25. The van der Waals surface area contributed by atoms with E-state index in [2.05, 4.69) is 20.6 Å². The zero-order valence-electron chi connectivity index (χ0n) is 15.9. The van der Waals surface area contributed by atoms with Crippen molar-refractivity contribution in [1.29, 1.82) is 0 Å². The van der Waals surface area contributed by atoms with E-state index in [1.807, 2.05) is 13.8 Å². The lowest BCUT2D eigenvalue weighted by Gasteiger charge is -2.33. The van der Waals surface area contributed by atoms with Gasteiger partial charge in [-0.05, 0) is 26.0 Å². The zero-order valence-corrected chi connectivity index (χ0v) is 16.8. The summed E-state index contributed by atoms with van der Waals surface area (Å²) in [5.74, 6) is -2.73. The number of hydrogen-bond acceptors (Lipinski definition) is 5. The predicted molar refractivity (Wildman–Crippen MR) is 109 cm³/mol. The summed E-state index contributed by atoms with van der Waals surface area (Å²) >= 11 is 0. The molecule has 0 aliphatic carbocycles. The van der Waals surface area contributed by atoms with Gasteiger partial charge in [-0.3, -0.25) is 4.79 Å². The number of carbonyl (C=O) groups excluding carboxylic acids is 1. The first kappa shape index (κ1) is 20.9. The monoisotopic (exact) mass is 422 g/mol. The van der Waals surface area contributed by atoms with Crippen LogP contribution in [0.2, 0.25) is 0 Å². The van der Waals surface area contributed by atoms with E-state index < -0.39 is 17.5 Å². The molecule has 1 saturated heterocycles. The van der Waals surface area contributed by atoms with Gasteiger partial charge in [0.1, 0.15) is 5.82 Å². The highest BCUT2D eigenvalue weighted by molar-refractivity contribution is 6.04. The number of carbonyl (C=O) groups is 1. The average molecular weight is 423 g/mol. The van der Waals surface area contributed by atoms with Gasteiger partial charge in [-0.1, -0.05) is 0 Å². The van der Waals surface area contributed by atoms with Gasteiger partial charge >= 0.3 is 0 Å². The first-order valence-electron chi connectivity index (χ1n) is 9.01. The Morgan fingerprint density at radius 2 is 2.07 bits per heavy atom. The number of halogens is 3. The van der Waals surface area contributed by atoms with Crippen molar-refractivity contribution in [2.45, 2.75) is 19.9 Å². The van der Waals surface area contributed by atoms with Gasteiger partial charge in [0.25, 0.3) is 5.91 Å². The smallest absolute Gasteiger partial charge is 0.259 e. The van der Waals surface area contributed by atoms with Crippen LogP contribution >= 0.6 is 12.4 Å². The number of aryl methyl sites for hydroxylation is 1. The Morgan fingerprint density at radius 1 is 1.28 bits per heavy atom. The third-order valence-electron chi connectivity index (χ3n) is 4.72. The van der Waals surface area contributed by atoms with Crippen molar-refractivity contribution in [2.75, 3.05) is 29.9 Å². The molecule has 4 rings (SSSR count). The second-order valence-corrected chi connectivity index (χ2v) is 6.94. The Hall–Kier alpha value is -2.78. The minimum absolute atomic E-state index is 0. The Labute approximate surface area is 172 Å². The van der Waals surface area contributed by atoms with Crippen molar-refractivity contribution in [3.63, 3.8) is 0 Å². The molecule has 0 saturated carbocycles. The van der Waals surface area contributed by atoms with Crippen molar-refractivity contribution in [3.8, 4) is 0 Å². The van der Waals surface area contributed by atoms with Gasteiger partial charge in [0.2, 0.25) is 0 Å². The van der Waals surface area contributed by atoms with E-state index in [1.54, 1.807) is 21.7 Å². The summed E-state index contributed by atoms with van der Waals surface area (Å²) in [7, 11) is 0. The van der Waals surface area contributed by atoms with E-state index in [0.717, 1.165) is 5.69 Å². The maximum atomic E-state index is 14.6. The Bertz CT molecular complexity index is 1060. The third-order valence-corrected chi connectivity index (χ3v) is 4.72. The van der Waals surface area contributed by atoms with Crippen LogP contribution in [0.1, 0.15) is 23.0 Å². The van der Waals surface area contributed by atoms with Crippen LogP contribution in [-0.2, 0) is 0 Å². The molecule has 7 nitrogen and oxygen atoms in total. The lowest BCUT2D eigenvalue weighted by molar-refractivity contribution is 0.102. The number of rotatable bonds is 3. The predicted octanol–water partition coefficient (Wildman–Crippen LogP) is 2.79. The number of nitrogens with zero attached hydrogens (tertiary/aromatic N) is 4. The molecule has 2 aromatic heterocycles. The fourth-order valence-corrected chi connectivity index (χ4v) is 3.38. The fraction of sp³-hybridized carbons (Fsp3) is 0.316. The SMILES string of the molecule is Cc1cn2cc(NC(=O)c3ccc(N4CCNC(C)C4)c(F)c3F)ncc2n1.Cl. The molecule has 2 N–H and O–H groups in total. The summed E-state index contributed by atoms with van der Waals surface area (Å²) in [5, 5.41) is 5.76. The summed E-state index contributed by atoms with van der Waals surface area (Å²) in [5.41, 5.74) is 1.22. The van der Waals surface area contributed by atoms with Gasteiger partial charge in [0, 0.05) is 31.9 Å². The first-order valence-corrected chi connectivity index (χ1v) is 9.01. The topological polar surface area (TPSA) is 74.6 Å². The lowest BCUT2D eigenvalue weighted by atomic mass is 10.1. The molecule has 10 heteroatoms. The molecular formula is C19H21ClF2N6O. The molecule has 1 aromatic carbocycles. The van der Waals surface area contributed by atoms with Crippen LogP contribution in [0, 0.1) is 18.6 Å². The molecule has 1 aliphatic rings. The number of hydrogen-bond donors (Lipinski definition) is 2. The molecule has 1 atom stereocenters. The standard InChI is InChI=1S/C19H20F2N6O.ClH/c1-11-8-26(6-5-22-11)14-4-3-13(17(20)18(14)21)19(28)25-15-10-27-9-12(2)24-16(27)7-23-15;/h3-4,7,9-11,22H,5-6,8H2,1-2H3,(H,25,28);1H. The van der Waals surface area contributed by atoms with Crippen LogP contribution in [0.4, 0.5) is 20.3 Å². The minimum atomic E-state index is -1.17. The minimum Gasteiger partial charge on any atom is -0.366 e. The van der Waals surface area contributed by atoms with E-state index >= 15 is 0 Å². The van der Waals surface area contributed by atoms with E-state index in [1.165, 1.54) is 18.3 Å². The van der Waals surface area contributed by atoms with Crippen LogP contribution in [0.15, 0.2) is 30.7 Å². The van der Waals surface area contributed by atoms with Crippen LogP contribution in [0.3, 0.4) is 0 Å². The number of aromatic nitrogens is 3. The largest absolute Gasteiger partial charge is 0.366 e. The number of amides is 1. The third kappa shape index (κ3) is 4.15. The van der Waals surface area contributed by atoms with Crippen molar-refractivity contribution in [1.82, 2.24) is 19.7 Å². The molecule has 0 spiro atoms. The van der Waals surface area contributed by atoms with Gasteiger partial charge in [-0.2, -0.15) is 0 Å². The Balaban J connectivity index is 0.00000240. The van der Waals surface area contributed by atoms with Gasteiger partial charge < -0.3 is 19.9 Å². The highest BCUT2D eigenvalue weighted by Gasteiger charge is 2.24. The van der Waals surface area contributed by atoms with Crippen LogP contribution in [0.25, 0.3) is 5.65 Å². The normalized spacial score (nSPS) is 16.6. The second-order valence-electron chi connectivity index (χ2n) is 6.94. The van der Waals surface area contributed by atoms with E-state index in [4.69, 9.17) is 0 Å². The molecule has 154 valence electrons. The summed E-state index contributed by atoms with van der Waals surface area (Å²) in [4.78, 5) is 22.6. The quantitative estimate of drug-likeness (QED) is 0.679. The van der Waals surface area contributed by atoms with Crippen LogP contribution < -0.4 is 15.5 Å². The number of benzene rings is 1.